The summed E-state index contributed by atoms with van der Waals surface area (Å²) in [5, 5.41) is 7.11. The number of rotatable bonds is 6. The van der Waals surface area contributed by atoms with E-state index in [9.17, 15) is 0 Å². The molecule has 0 amide bonds. The number of aromatic nitrogens is 1. The topological polar surface area (TPSA) is 41.3 Å². The molecular weight excluding hydrogens is 294 g/mol. The number of nitrogens with zero attached hydrogens (tertiary/aromatic N) is 2. The Morgan fingerprint density at radius 3 is 2.91 bits per heavy atom. The second kappa shape index (κ2) is 7.40. The molecule has 3 heterocycles. The third kappa shape index (κ3) is 4.18. The van der Waals surface area contributed by atoms with Crippen LogP contribution in [0.25, 0.3) is 0 Å². The van der Waals surface area contributed by atoms with Crippen LogP contribution in [0.2, 0.25) is 0 Å². The van der Waals surface area contributed by atoms with Crippen molar-refractivity contribution >= 4 is 11.3 Å². The number of furan rings is 1. The van der Waals surface area contributed by atoms with E-state index in [1.807, 2.05) is 6.07 Å². The van der Waals surface area contributed by atoms with Crippen LogP contribution in [0.3, 0.4) is 0 Å². The molecule has 3 rings (SSSR count). The maximum atomic E-state index is 5.43. The molecule has 5 heteroatoms. The van der Waals surface area contributed by atoms with Gasteiger partial charge in [-0.1, -0.05) is 6.92 Å². The van der Waals surface area contributed by atoms with E-state index in [2.05, 4.69) is 40.5 Å². The molecule has 0 saturated carbocycles. The van der Waals surface area contributed by atoms with Crippen LogP contribution in [0.15, 0.2) is 28.2 Å². The Morgan fingerprint density at radius 1 is 1.45 bits per heavy atom. The van der Waals surface area contributed by atoms with Gasteiger partial charge >= 0.3 is 0 Å². The molecule has 1 saturated heterocycles. The summed E-state index contributed by atoms with van der Waals surface area (Å²) < 4.78 is 5.43. The fourth-order valence-electron chi connectivity index (χ4n) is 2.95. The fourth-order valence-corrected chi connectivity index (χ4v) is 3.80. The minimum atomic E-state index is 0.500. The summed E-state index contributed by atoms with van der Waals surface area (Å²) in [4.78, 5) is 7.06. The molecule has 4 nitrogen and oxygen atoms in total. The summed E-state index contributed by atoms with van der Waals surface area (Å²) in [6, 6.07) is 4.66. The number of likely N-dealkylation sites (tertiary alicyclic amines) is 1. The minimum Gasteiger partial charge on any atom is -0.468 e. The van der Waals surface area contributed by atoms with Gasteiger partial charge < -0.3 is 9.73 Å². The van der Waals surface area contributed by atoms with E-state index in [0.717, 1.165) is 37.6 Å². The Morgan fingerprint density at radius 2 is 2.27 bits per heavy atom. The van der Waals surface area contributed by atoms with E-state index in [1.54, 1.807) is 17.6 Å². The smallest absolute Gasteiger partial charge is 0.117 e. The van der Waals surface area contributed by atoms with Crippen LogP contribution >= 0.6 is 11.3 Å². The molecule has 0 unspecified atom stereocenters. The molecule has 0 spiro atoms. The van der Waals surface area contributed by atoms with Crippen molar-refractivity contribution in [1.29, 1.82) is 0 Å². The van der Waals surface area contributed by atoms with E-state index in [-0.39, 0.29) is 0 Å². The summed E-state index contributed by atoms with van der Waals surface area (Å²) in [6.45, 7) is 8.57. The van der Waals surface area contributed by atoms with E-state index in [4.69, 9.17) is 4.42 Å². The molecule has 0 aliphatic carbocycles. The second-order valence-corrected chi connectivity index (χ2v) is 7.16. The highest BCUT2D eigenvalue weighted by Gasteiger charge is 2.20. The van der Waals surface area contributed by atoms with Crippen molar-refractivity contribution in [2.75, 3.05) is 19.6 Å². The van der Waals surface area contributed by atoms with Gasteiger partial charge in [0.15, 0.2) is 0 Å². The largest absolute Gasteiger partial charge is 0.468 e. The molecule has 120 valence electrons. The van der Waals surface area contributed by atoms with Crippen LogP contribution in [0, 0.1) is 6.92 Å². The number of hydrogen-bond acceptors (Lipinski definition) is 5. The average Bonchev–Trinajstić information content (AvgIpc) is 3.18. The molecule has 0 bridgehead atoms. The van der Waals surface area contributed by atoms with Crippen LogP contribution in [0.4, 0.5) is 0 Å². The van der Waals surface area contributed by atoms with Crippen molar-refractivity contribution in [3.63, 3.8) is 0 Å². The summed E-state index contributed by atoms with van der Waals surface area (Å²) in [5.74, 6) is 1.57. The molecule has 1 aliphatic rings. The minimum absolute atomic E-state index is 0.500. The van der Waals surface area contributed by atoms with Gasteiger partial charge in [0, 0.05) is 42.7 Å². The van der Waals surface area contributed by atoms with Crippen molar-refractivity contribution in [2.24, 2.45) is 0 Å². The number of thiazole rings is 1. The molecule has 1 atom stereocenters. The zero-order valence-corrected chi connectivity index (χ0v) is 14.2. The van der Waals surface area contributed by atoms with E-state index in [1.165, 1.54) is 17.8 Å². The fraction of sp³-hybridized carbons (Fsp3) is 0.588. The Bertz CT molecular complexity index is 558. The molecule has 22 heavy (non-hydrogen) atoms. The summed E-state index contributed by atoms with van der Waals surface area (Å²) in [7, 11) is 0. The summed E-state index contributed by atoms with van der Waals surface area (Å²) in [5.41, 5.74) is 1.14. The lowest BCUT2D eigenvalue weighted by Crippen LogP contribution is -2.43. The molecule has 0 radical (unpaired) electrons. The Labute approximate surface area is 136 Å². The predicted octanol–water partition coefficient (Wildman–Crippen LogP) is 3.40. The summed E-state index contributed by atoms with van der Waals surface area (Å²) >= 11 is 1.78. The molecule has 0 aromatic carbocycles. The highest BCUT2D eigenvalue weighted by molar-refractivity contribution is 7.09. The molecule has 1 N–H and O–H groups in total. The Kier molecular flexibility index (Phi) is 5.28. The molecule has 2 aromatic heterocycles. The first-order valence-corrected chi connectivity index (χ1v) is 8.99. The molecule has 1 aliphatic heterocycles. The number of hydrogen-bond donors (Lipinski definition) is 1. The van der Waals surface area contributed by atoms with Crippen molar-refractivity contribution in [1.82, 2.24) is 15.2 Å². The van der Waals surface area contributed by atoms with Crippen LogP contribution in [-0.4, -0.2) is 35.6 Å². The van der Waals surface area contributed by atoms with Gasteiger partial charge in [-0.05, 0) is 31.9 Å². The standard InChI is InChI=1S/C17H25N3OS/c1-13(17-19-14(2)12-22-17)10-18-15-5-7-20(8-6-15)11-16-4-3-9-21-16/h3-4,9,12-13,15,18H,5-8,10-11H2,1-2H3/t13-/m0/s1. The van der Waals surface area contributed by atoms with Gasteiger partial charge in [0.05, 0.1) is 17.8 Å². The van der Waals surface area contributed by atoms with Crippen LogP contribution in [0.5, 0.6) is 0 Å². The SMILES string of the molecule is Cc1csc([C@@H](C)CNC2CCN(Cc3ccco3)CC2)n1. The lowest BCUT2D eigenvalue weighted by molar-refractivity contribution is 0.178. The number of nitrogens with one attached hydrogen (secondary N) is 1. The third-order valence-electron chi connectivity index (χ3n) is 4.32. The van der Waals surface area contributed by atoms with E-state index in [0.29, 0.717) is 12.0 Å². The van der Waals surface area contributed by atoms with Crippen LogP contribution < -0.4 is 5.32 Å². The third-order valence-corrected chi connectivity index (χ3v) is 5.51. The summed E-state index contributed by atoms with van der Waals surface area (Å²) in [6.07, 6.45) is 4.18. The number of aryl methyl sites for hydroxylation is 1. The van der Waals surface area contributed by atoms with Gasteiger partial charge in [0.2, 0.25) is 0 Å². The first-order valence-electron chi connectivity index (χ1n) is 8.11. The average molecular weight is 319 g/mol. The maximum absolute atomic E-state index is 5.43. The Balaban J connectivity index is 1.38. The first kappa shape index (κ1) is 15.7. The lowest BCUT2D eigenvalue weighted by Gasteiger charge is -2.32. The normalized spacial score (nSPS) is 18.6. The zero-order chi connectivity index (χ0) is 15.4. The predicted molar refractivity (Wildman–Crippen MR) is 90.3 cm³/mol. The van der Waals surface area contributed by atoms with Crippen molar-refractivity contribution < 1.29 is 4.42 Å². The van der Waals surface area contributed by atoms with Crippen molar-refractivity contribution in [3.8, 4) is 0 Å². The maximum Gasteiger partial charge on any atom is 0.117 e. The highest BCUT2D eigenvalue weighted by Crippen LogP contribution is 2.20. The monoisotopic (exact) mass is 319 g/mol. The Hall–Kier alpha value is -1.17. The van der Waals surface area contributed by atoms with Crippen molar-refractivity contribution in [3.05, 3.63) is 40.2 Å². The quantitative estimate of drug-likeness (QED) is 0.886. The number of piperidine rings is 1. The highest BCUT2D eigenvalue weighted by atomic mass is 32.1. The van der Waals surface area contributed by atoms with Gasteiger partial charge in [-0.3, -0.25) is 4.90 Å². The van der Waals surface area contributed by atoms with Crippen LogP contribution in [0.1, 0.15) is 42.1 Å². The van der Waals surface area contributed by atoms with Gasteiger partial charge in [-0.15, -0.1) is 11.3 Å². The van der Waals surface area contributed by atoms with E-state index < -0.39 is 0 Å². The van der Waals surface area contributed by atoms with Gasteiger partial charge in [-0.2, -0.15) is 0 Å². The van der Waals surface area contributed by atoms with Crippen LogP contribution in [-0.2, 0) is 6.54 Å². The first-order chi connectivity index (χ1) is 10.7. The van der Waals surface area contributed by atoms with Gasteiger partial charge in [0.25, 0.3) is 0 Å². The van der Waals surface area contributed by atoms with Crippen molar-refractivity contribution in [2.45, 2.75) is 45.2 Å². The zero-order valence-electron chi connectivity index (χ0n) is 13.4. The lowest BCUT2D eigenvalue weighted by atomic mass is 10.0. The van der Waals surface area contributed by atoms with Gasteiger partial charge in [-0.25, -0.2) is 4.98 Å². The molecule has 1 fully saturated rings. The molecule has 2 aromatic rings. The second-order valence-electron chi connectivity index (χ2n) is 6.27. The van der Waals surface area contributed by atoms with E-state index >= 15 is 0 Å². The molecular formula is C17H25N3OS. The van der Waals surface area contributed by atoms with Gasteiger partial charge in [0.1, 0.15) is 5.76 Å².